The maximum absolute atomic E-state index is 13.3. The van der Waals surface area contributed by atoms with Gasteiger partial charge in [0.15, 0.2) is 6.61 Å². The van der Waals surface area contributed by atoms with Gasteiger partial charge < -0.3 is 18.9 Å². The van der Waals surface area contributed by atoms with Crippen LogP contribution in [0, 0.1) is 5.92 Å². The molecular weight excluding hydrogens is 668 g/mol. The average molecular weight is 707 g/mol. The predicted molar refractivity (Wildman–Crippen MR) is 188 cm³/mol. The number of esters is 1. The number of nitrogens with one attached hydrogen (secondary N) is 2. The van der Waals surface area contributed by atoms with Crippen molar-refractivity contribution in [2.24, 2.45) is 10.9 Å². The molecule has 5 rings (SSSR count). The normalized spacial score (nSPS) is 14.6. The van der Waals surface area contributed by atoms with Crippen molar-refractivity contribution in [2.45, 2.75) is 38.7 Å². The van der Waals surface area contributed by atoms with E-state index < -0.39 is 48.5 Å². The molecule has 13 heteroatoms. The van der Waals surface area contributed by atoms with E-state index in [0.717, 1.165) is 21.6 Å². The molecule has 1 unspecified atom stereocenters. The topological polar surface area (TPSA) is 162 Å². The maximum Gasteiger partial charge on any atom is 0.414 e. The summed E-state index contributed by atoms with van der Waals surface area (Å²) < 4.78 is 21.6. The van der Waals surface area contributed by atoms with Gasteiger partial charge >= 0.3 is 18.2 Å². The Labute approximate surface area is 300 Å². The van der Waals surface area contributed by atoms with Crippen LogP contribution in [0.15, 0.2) is 126 Å². The summed E-state index contributed by atoms with van der Waals surface area (Å²) in [4.78, 5) is 70.0. The Bertz CT molecular complexity index is 1760. The van der Waals surface area contributed by atoms with Crippen molar-refractivity contribution in [1.29, 1.82) is 0 Å². The Balaban J connectivity index is 1.21. The molecule has 4 aromatic carbocycles. The molecule has 4 amide bonds. The highest BCUT2D eigenvalue weighted by atomic mass is 16.6. The number of amides is 4. The lowest BCUT2D eigenvalue weighted by atomic mass is 9.83. The van der Waals surface area contributed by atoms with Gasteiger partial charge in [0.2, 0.25) is 11.9 Å². The average Bonchev–Trinajstić information content (AvgIpc) is 3.18. The number of benzene rings is 4. The molecule has 0 spiro atoms. The summed E-state index contributed by atoms with van der Waals surface area (Å²) in [6.07, 6.45) is -1.34. The number of likely N-dealkylation sites (tertiary alicyclic amines) is 1. The van der Waals surface area contributed by atoms with Crippen LogP contribution in [0.25, 0.3) is 0 Å². The third-order valence-corrected chi connectivity index (χ3v) is 7.86. The number of nitrogens with zero attached hydrogens (tertiary/aromatic N) is 2. The van der Waals surface area contributed by atoms with Crippen LogP contribution in [-0.2, 0) is 48.4 Å². The molecule has 13 nitrogen and oxygen atoms in total. The Morgan fingerprint density at radius 3 is 1.60 bits per heavy atom. The Hall–Kier alpha value is -6.50. The zero-order valence-electron chi connectivity index (χ0n) is 28.2. The van der Waals surface area contributed by atoms with Crippen molar-refractivity contribution in [2.75, 3.05) is 13.2 Å². The Morgan fingerprint density at radius 2 is 1.10 bits per heavy atom. The fourth-order valence-corrected chi connectivity index (χ4v) is 5.25. The molecule has 0 aromatic heterocycles. The highest BCUT2D eigenvalue weighted by molar-refractivity contribution is 6.08. The number of carbonyl (C=O) groups is 5. The van der Waals surface area contributed by atoms with Gasteiger partial charge in [-0.3, -0.25) is 30.1 Å². The predicted octanol–water partition coefficient (Wildman–Crippen LogP) is 5.15. The van der Waals surface area contributed by atoms with Gasteiger partial charge in [-0.2, -0.15) is 0 Å². The number of hydrogen-bond donors (Lipinski definition) is 2. The molecule has 0 radical (unpaired) electrons. The van der Waals surface area contributed by atoms with Crippen LogP contribution in [0.1, 0.15) is 29.5 Å². The van der Waals surface area contributed by atoms with Gasteiger partial charge in [-0.05, 0) is 41.7 Å². The molecule has 268 valence electrons. The van der Waals surface area contributed by atoms with E-state index >= 15 is 0 Å². The first-order valence-corrected chi connectivity index (χ1v) is 16.6. The van der Waals surface area contributed by atoms with Crippen LogP contribution in [0.3, 0.4) is 0 Å². The summed E-state index contributed by atoms with van der Waals surface area (Å²) >= 11 is 0. The quantitative estimate of drug-likeness (QED) is 0.0451. The number of hydrogen-bond acceptors (Lipinski definition) is 10. The number of β-lactam (4-membered cyclic amide) rings is 1. The molecule has 2 N–H and O–H groups in total. The largest absolute Gasteiger partial charge is 0.484 e. The first kappa shape index (κ1) is 36.8. The molecular formula is C39H38N4O9. The number of rotatable bonds is 14. The van der Waals surface area contributed by atoms with Crippen LogP contribution in [0.4, 0.5) is 9.59 Å². The summed E-state index contributed by atoms with van der Waals surface area (Å²) in [5, 5.41) is 4.84. The second kappa shape index (κ2) is 19.0. The monoisotopic (exact) mass is 706 g/mol. The van der Waals surface area contributed by atoms with Gasteiger partial charge in [-0.25, -0.2) is 14.4 Å². The molecule has 1 heterocycles. The number of carbonyl (C=O) groups excluding carboxylic acids is 5. The van der Waals surface area contributed by atoms with E-state index in [1.165, 1.54) is 0 Å². The lowest BCUT2D eigenvalue weighted by Gasteiger charge is -2.43. The minimum Gasteiger partial charge on any atom is -0.484 e. The van der Waals surface area contributed by atoms with Crippen molar-refractivity contribution >= 4 is 35.9 Å². The van der Waals surface area contributed by atoms with Crippen LogP contribution in [-0.4, -0.2) is 60.0 Å². The van der Waals surface area contributed by atoms with E-state index in [-0.39, 0.29) is 45.2 Å². The van der Waals surface area contributed by atoms with Crippen molar-refractivity contribution in [1.82, 2.24) is 15.5 Å². The minimum atomic E-state index is -1.16. The molecule has 4 aromatic rings. The van der Waals surface area contributed by atoms with Gasteiger partial charge in [0.05, 0.1) is 5.92 Å². The van der Waals surface area contributed by atoms with Crippen molar-refractivity contribution < 1.29 is 42.9 Å². The number of ether oxygens (including phenoxy) is 4. The van der Waals surface area contributed by atoms with E-state index in [1.54, 1.807) is 78.9 Å². The van der Waals surface area contributed by atoms with E-state index in [1.807, 2.05) is 42.5 Å². The van der Waals surface area contributed by atoms with Crippen molar-refractivity contribution in [3.8, 4) is 5.75 Å². The first-order valence-electron chi connectivity index (χ1n) is 16.6. The molecule has 1 saturated heterocycles. The van der Waals surface area contributed by atoms with E-state index in [9.17, 15) is 24.0 Å². The molecule has 0 saturated carbocycles. The molecule has 1 fully saturated rings. The van der Waals surface area contributed by atoms with Crippen LogP contribution < -0.4 is 15.4 Å². The summed E-state index contributed by atoms with van der Waals surface area (Å²) in [5.74, 6) is -2.61. The van der Waals surface area contributed by atoms with E-state index in [0.29, 0.717) is 5.75 Å². The second-order valence-corrected chi connectivity index (χ2v) is 11.6. The second-order valence-electron chi connectivity index (χ2n) is 11.6. The number of alkyl carbamates (subject to hydrolysis) is 2. The fraction of sp³-hybridized carbons (Fsp3) is 0.231. The lowest BCUT2D eigenvalue weighted by molar-refractivity contribution is -0.181. The number of para-hydroxylation sites is 1. The molecule has 1 aliphatic heterocycles. The summed E-state index contributed by atoms with van der Waals surface area (Å²) in [5.41, 5.74) is 2.26. The molecule has 0 aliphatic carbocycles. The van der Waals surface area contributed by atoms with Gasteiger partial charge in [0, 0.05) is 6.54 Å². The SMILES string of the molecule is O=C(NC(=NCCC[C@H]1C(=O)N(C(=O)COc2ccccc2)C1C(=O)OCc1ccccc1)NC(=O)OCc1ccccc1)OCc1ccccc1. The lowest BCUT2D eigenvalue weighted by Crippen LogP contribution is -2.67. The zero-order chi connectivity index (χ0) is 36.5. The third-order valence-electron chi connectivity index (χ3n) is 7.86. The number of aliphatic imine (C=N–C) groups is 1. The fourth-order valence-electron chi connectivity index (χ4n) is 5.25. The number of guanidine groups is 1. The van der Waals surface area contributed by atoms with Gasteiger partial charge in [-0.1, -0.05) is 109 Å². The third kappa shape index (κ3) is 11.0. The van der Waals surface area contributed by atoms with Gasteiger partial charge in [-0.15, -0.1) is 0 Å². The van der Waals surface area contributed by atoms with E-state index in [2.05, 4.69) is 15.6 Å². The standard InChI is InChI=1S/C39H38N4O9/c44-33(27-49-31-20-11-4-12-21-31)43-34(36(46)50-24-28-14-5-1-6-15-28)32(35(43)45)22-13-23-40-37(41-38(47)51-25-29-16-7-2-8-17-29)42-39(48)52-26-30-18-9-3-10-19-30/h1-12,14-21,32,34H,13,22-27H2,(H2,40,41,42,47,48)/t32-,34?/m1/s1. The molecule has 0 bridgehead atoms. The Morgan fingerprint density at radius 1 is 0.635 bits per heavy atom. The van der Waals surface area contributed by atoms with Crippen LogP contribution in [0.5, 0.6) is 5.75 Å². The molecule has 1 aliphatic rings. The zero-order valence-corrected chi connectivity index (χ0v) is 28.2. The smallest absolute Gasteiger partial charge is 0.414 e. The first-order chi connectivity index (χ1) is 25.4. The summed E-state index contributed by atoms with van der Waals surface area (Å²) in [6, 6.07) is 34.6. The Kier molecular flexibility index (Phi) is 13.5. The number of imide groups is 1. The van der Waals surface area contributed by atoms with Crippen molar-refractivity contribution in [3.63, 3.8) is 0 Å². The van der Waals surface area contributed by atoms with Crippen LogP contribution >= 0.6 is 0 Å². The summed E-state index contributed by atoms with van der Waals surface area (Å²) in [6.45, 7) is -0.499. The molecule has 52 heavy (non-hydrogen) atoms. The van der Waals surface area contributed by atoms with Gasteiger partial charge in [0.1, 0.15) is 31.6 Å². The van der Waals surface area contributed by atoms with E-state index in [4.69, 9.17) is 18.9 Å². The maximum atomic E-state index is 13.3. The summed E-state index contributed by atoms with van der Waals surface area (Å²) in [7, 11) is 0. The van der Waals surface area contributed by atoms with Crippen LogP contribution in [0.2, 0.25) is 0 Å². The molecule has 2 atom stereocenters. The van der Waals surface area contributed by atoms with Gasteiger partial charge in [0.25, 0.3) is 5.91 Å². The highest BCUT2D eigenvalue weighted by Gasteiger charge is 2.54. The highest BCUT2D eigenvalue weighted by Crippen LogP contribution is 2.32. The van der Waals surface area contributed by atoms with Crippen molar-refractivity contribution in [3.05, 3.63) is 138 Å². The minimum absolute atomic E-state index is 0.0183.